The third kappa shape index (κ3) is 2.65. The fourth-order valence-corrected chi connectivity index (χ4v) is 6.47. The first-order valence-electron chi connectivity index (χ1n) is 10.9. The molecule has 3 saturated carbocycles. The average Bonchev–Trinajstić information content (AvgIpc) is 3.25. The van der Waals surface area contributed by atoms with E-state index in [-0.39, 0.29) is 17.7 Å². The van der Waals surface area contributed by atoms with Crippen LogP contribution in [0.4, 0.5) is 5.69 Å². The second kappa shape index (κ2) is 6.19. The molecule has 0 aromatic heterocycles. The average molecular weight is 386 g/mol. The predicted octanol–water partition coefficient (Wildman–Crippen LogP) is 4.33. The minimum Gasteiger partial charge on any atom is -0.339 e. The molecule has 0 radical (unpaired) electrons. The standard InChI is InChI=1S/C25H26N2O2/c28-23-12-18(15-27(23)22-14-25-13-19(25)9-10-21(22)25)24(29)26-20-8-4-7-17(11-20)16-5-2-1-3-6-16/h1-8,11,18-19,21-22H,9-10,12-15H2,(H,26,29). The number of carbonyl (C=O) groups excluding carboxylic acids is 2. The van der Waals surface area contributed by atoms with E-state index < -0.39 is 0 Å². The molecule has 2 aromatic carbocycles. The number of carbonyl (C=O) groups is 2. The van der Waals surface area contributed by atoms with Crippen molar-refractivity contribution in [3.8, 4) is 11.1 Å². The van der Waals surface area contributed by atoms with E-state index >= 15 is 0 Å². The molecule has 5 unspecified atom stereocenters. The molecule has 4 nitrogen and oxygen atoms in total. The lowest BCUT2D eigenvalue weighted by atomic mass is 9.66. The van der Waals surface area contributed by atoms with Crippen molar-refractivity contribution < 1.29 is 9.59 Å². The van der Waals surface area contributed by atoms with Crippen molar-refractivity contribution in [1.82, 2.24) is 4.90 Å². The van der Waals surface area contributed by atoms with Gasteiger partial charge < -0.3 is 10.2 Å². The van der Waals surface area contributed by atoms with Crippen molar-refractivity contribution in [2.45, 2.75) is 38.1 Å². The number of nitrogens with one attached hydrogen (secondary N) is 1. The van der Waals surface area contributed by atoms with Gasteiger partial charge in [0.05, 0.1) is 5.92 Å². The molecule has 4 fully saturated rings. The lowest BCUT2D eigenvalue weighted by Gasteiger charge is -2.48. The Bertz CT molecular complexity index is 985. The summed E-state index contributed by atoms with van der Waals surface area (Å²) in [6, 6.07) is 18.5. The zero-order valence-corrected chi connectivity index (χ0v) is 16.5. The van der Waals surface area contributed by atoms with Gasteiger partial charge in [0, 0.05) is 24.7 Å². The molecule has 3 aliphatic carbocycles. The van der Waals surface area contributed by atoms with E-state index in [0.717, 1.165) is 22.7 Å². The first kappa shape index (κ1) is 17.3. The van der Waals surface area contributed by atoms with Crippen LogP contribution in [0.2, 0.25) is 0 Å². The highest BCUT2D eigenvalue weighted by atomic mass is 16.2. The SMILES string of the molecule is O=C(Nc1cccc(-c2ccccc2)c1)C1CC(=O)N(C2CC34CC3CCC24)C1. The largest absolute Gasteiger partial charge is 0.339 e. The lowest BCUT2D eigenvalue weighted by Crippen LogP contribution is -2.53. The van der Waals surface area contributed by atoms with Crippen LogP contribution in [0, 0.1) is 23.2 Å². The van der Waals surface area contributed by atoms with Gasteiger partial charge in [-0.25, -0.2) is 0 Å². The summed E-state index contributed by atoms with van der Waals surface area (Å²) in [5.74, 6) is 1.55. The van der Waals surface area contributed by atoms with E-state index in [4.69, 9.17) is 0 Å². The number of nitrogens with zero attached hydrogens (tertiary/aromatic N) is 1. The zero-order valence-electron chi connectivity index (χ0n) is 16.5. The van der Waals surface area contributed by atoms with Crippen molar-refractivity contribution in [2.24, 2.45) is 23.2 Å². The quantitative estimate of drug-likeness (QED) is 0.850. The highest BCUT2D eigenvalue weighted by Crippen LogP contribution is 2.76. The topological polar surface area (TPSA) is 49.4 Å². The summed E-state index contributed by atoms with van der Waals surface area (Å²) in [4.78, 5) is 27.6. The third-order valence-electron chi connectivity index (χ3n) is 8.06. The van der Waals surface area contributed by atoms with Gasteiger partial charge in [0.25, 0.3) is 0 Å². The van der Waals surface area contributed by atoms with E-state index in [2.05, 4.69) is 17.4 Å². The molecule has 29 heavy (non-hydrogen) atoms. The normalized spacial score (nSPS) is 34.3. The smallest absolute Gasteiger partial charge is 0.229 e. The molecular weight excluding hydrogens is 360 g/mol. The molecule has 1 heterocycles. The molecule has 1 saturated heterocycles. The van der Waals surface area contributed by atoms with Gasteiger partial charge in [0.15, 0.2) is 0 Å². The van der Waals surface area contributed by atoms with E-state index in [1.807, 2.05) is 47.4 Å². The van der Waals surface area contributed by atoms with Crippen LogP contribution in [0.1, 0.15) is 32.1 Å². The second-order valence-corrected chi connectivity index (χ2v) is 9.47. The zero-order chi connectivity index (χ0) is 19.6. The van der Waals surface area contributed by atoms with Crippen molar-refractivity contribution >= 4 is 17.5 Å². The predicted molar refractivity (Wildman–Crippen MR) is 112 cm³/mol. The number of amides is 2. The van der Waals surface area contributed by atoms with E-state index in [9.17, 15) is 9.59 Å². The van der Waals surface area contributed by atoms with E-state index in [1.165, 1.54) is 25.7 Å². The Kier molecular flexibility index (Phi) is 3.68. The van der Waals surface area contributed by atoms with Gasteiger partial charge in [0.1, 0.15) is 0 Å². The summed E-state index contributed by atoms with van der Waals surface area (Å²) in [5.41, 5.74) is 3.59. The Morgan fingerprint density at radius 2 is 1.83 bits per heavy atom. The Balaban J connectivity index is 1.13. The molecule has 1 spiro atoms. The minimum absolute atomic E-state index is 0.0316. The first-order chi connectivity index (χ1) is 14.1. The molecule has 0 bridgehead atoms. The Morgan fingerprint density at radius 1 is 1.00 bits per heavy atom. The van der Waals surface area contributed by atoms with Crippen LogP contribution in [0.15, 0.2) is 54.6 Å². The monoisotopic (exact) mass is 386 g/mol. The number of hydrogen-bond acceptors (Lipinski definition) is 2. The van der Waals surface area contributed by atoms with Gasteiger partial charge >= 0.3 is 0 Å². The first-order valence-corrected chi connectivity index (χ1v) is 10.9. The van der Waals surface area contributed by atoms with E-state index in [0.29, 0.717) is 30.3 Å². The van der Waals surface area contributed by atoms with Gasteiger partial charge in [-0.2, -0.15) is 0 Å². The fourth-order valence-electron chi connectivity index (χ4n) is 6.47. The van der Waals surface area contributed by atoms with Crippen LogP contribution >= 0.6 is 0 Å². The molecular formula is C25H26N2O2. The summed E-state index contributed by atoms with van der Waals surface area (Å²) < 4.78 is 0. The maximum absolute atomic E-state index is 12.9. The second-order valence-electron chi connectivity index (χ2n) is 9.47. The van der Waals surface area contributed by atoms with Crippen molar-refractivity contribution in [3.63, 3.8) is 0 Å². The number of hydrogen-bond donors (Lipinski definition) is 1. The number of rotatable bonds is 4. The van der Waals surface area contributed by atoms with Crippen molar-refractivity contribution in [2.75, 3.05) is 11.9 Å². The molecule has 148 valence electrons. The molecule has 5 atom stereocenters. The minimum atomic E-state index is -0.240. The van der Waals surface area contributed by atoms with Gasteiger partial charge in [-0.15, -0.1) is 0 Å². The number of likely N-dealkylation sites (tertiary alicyclic amines) is 1. The van der Waals surface area contributed by atoms with E-state index in [1.54, 1.807) is 0 Å². The van der Waals surface area contributed by atoms with Crippen LogP contribution in [0.25, 0.3) is 11.1 Å². The molecule has 6 rings (SSSR count). The van der Waals surface area contributed by atoms with Gasteiger partial charge in [-0.3, -0.25) is 9.59 Å². The highest BCUT2D eigenvalue weighted by molar-refractivity contribution is 5.97. The summed E-state index contributed by atoms with van der Waals surface area (Å²) >= 11 is 0. The summed E-state index contributed by atoms with van der Waals surface area (Å²) in [7, 11) is 0. The summed E-state index contributed by atoms with van der Waals surface area (Å²) in [6.45, 7) is 0.588. The van der Waals surface area contributed by atoms with Crippen LogP contribution < -0.4 is 5.32 Å². The molecule has 2 aromatic rings. The maximum atomic E-state index is 12.9. The molecule has 4 aliphatic rings. The molecule has 4 heteroatoms. The lowest BCUT2D eigenvalue weighted by molar-refractivity contribution is -0.135. The maximum Gasteiger partial charge on any atom is 0.229 e. The summed E-state index contributed by atoms with van der Waals surface area (Å²) in [5, 5.41) is 3.05. The van der Waals surface area contributed by atoms with Gasteiger partial charge in [-0.1, -0.05) is 42.5 Å². The van der Waals surface area contributed by atoms with Crippen LogP contribution in [-0.4, -0.2) is 29.3 Å². The Labute approximate surface area is 171 Å². The third-order valence-corrected chi connectivity index (χ3v) is 8.06. The van der Waals surface area contributed by atoms with Gasteiger partial charge in [-0.05, 0) is 66.2 Å². The number of anilines is 1. The van der Waals surface area contributed by atoms with Crippen LogP contribution in [0.5, 0.6) is 0 Å². The van der Waals surface area contributed by atoms with Crippen LogP contribution in [-0.2, 0) is 9.59 Å². The van der Waals surface area contributed by atoms with Gasteiger partial charge in [0.2, 0.25) is 11.8 Å². The Morgan fingerprint density at radius 3 is 2.62 bits per heavy atom. The van der Waals surface area contributed by atoms with Crippen LogP contribution in [0.3, 0.4) is 0 Å². The number of benzene rings is 2. The van der Waals surface area contributed by atoms with Crippen molar-refractivity contribution in [1.29, 1.82) is 0 Å². The molecule has 2 amide bonds. The summed E-state index contributed by atoms with van der Waals surface area (Å²) in [6.07, 6.45) is 5.55. The molecule has 1 N–H and O–H groups in total. The molecule has 1 aliphatic heterocycles. The highest BCUT2D eigenvalue weighted by Gasteiger charge is 2.72. The fraction of sp³-hybridized carbons (Fsp3) is 0.440. The van der Waals surface area contributed by atoms with Crippen molar-refractivity contribution in [3.05, 3.63) is 54.6 Å². The Hall–Kier alpha value is -2.62.